The predicted octanol–water partition coefficient (Wildman–Crippen LogP) is 0.756. The van der Waals surface area contributed by atoms with Gasteiger partial charge in [0, 0.05) is 13.1 Å². The lowest BCUT2D eigenvalue weighted by Gasteiger charge is -2.18. The van der Waals surface area contributed by atoms with Crippen LogP contribution >= 0.6 is 0 Å². The first-order valence-corrected chi connectivity index (χ1v) is 3.04. The second-order valence-corrected chi connectivity index (χ2v) is 1.48. The molecule has 1 rings (SSSR count). The highest BCUT2D eigenvalue weighted by Crippen LogP contribution is 1.97. The zero-order valence-corrected chi connectivity index (χ0v) is 5.44. The number of nitrogens with one attached hydrogen (secondary N) is 1. The van der Waals surface area contributed by atoms with Crippen molar-refractivity contribution in [3.63, 3.8) is 0 Å². The van der Waals surface area contributed by atoms with E-state index in [2.05, 4.69) is 11.4 Å². The smallest absolute Gasteiger partial charge is 0.0712 e. The van der Waals surface area contributed by atoms with Crippen LogP contribution in [0, 0.1) is 17.2 Å². The van der Waals surface area contributed by atoms with Crippen molar-refractivity contribution < 1.29 is 0 Å². The quantitative estimate of drug-likeness (QED) is 0.502. The minimum atomic E-state index is 0.310. The molecule has 0 aromatic heterocycles. The first-order chi connectivity index (χ1) is 3.93. The fraction of sp³-hybridized carbons (Fsp3) is 0.833. The second kappa shape index (κ2) is 4.61. The Balaban J connectivity index is 0.000000222. The summed E-state index contributed by atoms with van der Waals surface area (Å²) in [5.74, 6) is 0.310. The Morgan fingerprint density at radius 2 is 2.00 bits per heavy atom. The molecule has 2 nitrogen and oxygen atoms in total. The van der Waals surface area contributed by atoms with Gasteiger partial charge in [-0.2, -0.15) is 5.26 Å². The van der Waals surface area contributed by atoms with Crippen molar-refractivity contribution in [3.05, 3.63) is 0 Å². The average Bonchev–Trinajstić information content (AvgIpc) is 1.69. The molecular formula is C6H12N2. The molecule has 0 aromatic carbocycles. The van der Waals surface area contributed by atoms with Gasteiger partial charge in [0.15, 0.2) is 0 Å². The van der Waals surface area contributed by atoms with Gasteiger partial charge in [0.1, 0.15) is 0 Å². The van der Waals surface area contributed by atoms with Gasteiger partial charge in [-0.25, -0.2) is 0 Å². The molecule has 2 heteroatoms. The van der Waals surface area contributed by atoms with E-state index >= 15 is 0 Å². The van der Waals surface area contributed by atoms with Gasteiger partial charge in [0.2, 0.25) is 0 Å². The fourth-order valence-corrected chi connectivity index (χ4v) is 0.380. The lowest BCUT2D eigenvalue weighted by Crippen LogP contribution is -2.40. The SMILES string of the molecule is CC.N#CC1CNC1. The van der Waals surface area contributed by atoms with Crippen molar-refractivity contribution in [2.24, 2.45) is 5.92 Å². The van der Waals surface area contributed by atoms with Crippen molar-refractivity contribution in [1.82, 2.24) is 5.32 Å². The Hall–Kier alpha value is -0.550. The first-order valence-electron chi connectivity index (χ1n) is 3.04. The summed E-state index contributed by atoms with van der Waals surface area (Å²) in [4.78, 5) is 0. The molecule has 0 radical (unpaired) electrons. The fourth-order valence-electron chi connectivity index (χ4n) is 0.380. The molecule has 0 bridgehead atoms. The van der Waals surface area contributed by atoms with Crippen LogP contribution < -0.4 is 5.32 Å². The van der Waals surface area contributed by atoms with Crippen LogP contribution in [0.2, 0.25) is 0 Å². The maximum absolute atomic E-state index is 8.10. The third-order valence-corrected chi connectivity index (χ3v) is 0.964. The van der Waals surface area contributed by atoms with E-state index in [4.69, 9.17) is 5.26 Å². The van der Waals surface area contributed by atoms with Crippen molar-refractivity contribution in [1.29, 1.82) is 5.26 Å². The van der Waals surface area contributed by atoms with Gasteiger partial charge >= 0.3 is 0 Å². The summed E-state index contributed by atoms with van der Waals surface area (Å²) < 4.78 is 0. The number of nitrogens with zero attached hydrogens (tertiary/aromatic N) is 1. The van der Waals surface area contributed by atoms with Crippen LogP contribution in [0.3, 0.4) is 0 Å². The Labute approximate surface area is 50.5 Å². The molecular weight excluding hydrogens is 100 g/mol. The van der Waals surface area contributed by atoms with Gasteiger partial charge in [-0.3, -0.25) is 0 Å². The number of nitriles is 1. The number of hydrogen-bond acceptors (Lipinski definition) is 2. The Kier molecular flexibility index (Phi) is 4.29. The van der Waals surface area contributed by atoms with E-state index < -0.39 is 0 Å². The summed E-state index contributed by atoms with van der Waals surface area (Å²) >= 11 is 0. The van der Waals surface area contributed by atoms with E-state index in [0.717, 1.165) is 13.1 Å². The first kappa shape index (κ1) is 7.45. The van der Waals surface area contributed by atoms with Crippen LogP contribution in [-0.4, -0.2) is 13.1 Å². The van der Waals surface area contributed by atoms with Crippen LogP contribution in [0.15, 0.2) is 0 Å². The maximum Gasteiger partial charge on any atom is 0.0712 e. The van der Waals surface area contributed by atoms with E-state index in [1.54, 1.807) is 0 Å². The van der Waals surface area contributed by atoms with Gasteiger partial charge in [-0.1, -0.05) is 13.8 Å². The van der Waals surface area contributed by atoms with Gasteiger partial charge in [0.25, 0.3) is 0 Å². The lowest BCUT2D eigenvalue weighted by atomic mass is 10.1. The molecule has 0 atom stereocenters. The zero-order chi connectivity index (χ0) is 6.41. The topological polar surface area (TPSA) is 35.8 Å². The molecule has 0 aliphatic carbocycles. The lowest BCUT2D eigenvalue weighted by molar-refractivity contribution is 0.428. The molecule has 0 aromatic rings. The summed E-state index contributed by atoms with van der Waals surface area (Å²) in [6.45, 7) is 5.80. The molecule has 1 fully saturated rings. The minimum absolute atomic E-state index is 0.310. The average molecular weight is 112 g/mol. The predicted molar refractivity (Wildman–Crippen MR) is 33.3 cm³/mol. The van der Waals surface area contributed by atoms with Gasteiger partial charge in [-0.05, 0) is 0 Å². The standard InChI is InChI=1S/C4H6N2.C2H6/c5-1-4-2-6-3-4;1-2/h4,6H,2-3H2;1-2H3. The second-order valence-electron chi connectivity index (χ2n) is 1.48. The van der Waals surface area contributed by atoms with E-state index in [9.17, 15) is 0 Å². The van der Waals surface area contributed by atoms with Crippen molar-refractivity contribution >= 4 is 0 Å². The molecule has 1 aliphatic heterocycles. The molecule has 8 heavy (non-hydrogen) atoms. The summed E-state index contributed by atoms with van der Waals surface area (Å²) in [6, 6.07) is 2.14. The molecule has 0 spiro atoms. The zero-order valence-electron chi connectivity index (χ0n) is 5.44. The van der Waals surface area contributed by atoms with Crippen LogP contribution in [0.1, 0.15) is 13.8 Å². The highest BCUT2D eigenvalue weighted by Gasteiger charge is 2.13. The molecule has 0 saturated carbocycles. The number of rotatable bonds is 0. The van der Waals surface area contributed by atoms with Crippen molar-refractivity contribution in [2.45, 2.75) is 13.8 Å². The summed E-state index contributed by atoms with van der Waals surface area (Å²) in [7, 11) is 0. The van der Waals surface area contributed by atoms with Crippen molar-refractivity contribution in [3.8, 4) is 6.07 Å². The third kappa shape index (κ3) is 1.94. The Bertz CT molecular complexity index is 79.0. The van der Waals surface area contributed by atoms with E-state index in [1.807, 2.05) is 13.8 Å². The molecule has 46 valence electrons. The summed E-state index contributed by atoms with van der Waals surface area (Å²) in [6.07, 6.45) is 0. The molecule has 1 saturated heterocycles. The summed E-state index contributed by atoms with van der Waals surface area (Å²) in [5, 5.41) is 11.1. The van der Waals surface area contributed by atoms with Crippen LogP contribution in [0.25, 0.3) is 0 Å². The summed E-state index contributed by atoms with van der Waals surface area (Å²) in [5.41, 5.74) is 0. The van der Waals surface area contributed by atoms with E-state index in [1.165, 1.54) is 0 Å². The highest BCUT2D eigenvalue weighted by molar-refractivity contribution is 4.92. The normalized spacial score (nSPS) is 17.1. The van der Waals surface area contributed by atoms with Crippen LogP contribution in [0.5, 0.6) is 0 Å². The molecule has 1 N–H and O–H groups in total. The Morgan fingerprint density at radius 3 is 2.00 bits per heavy atom. The van der Waals surface area contributed by atoms with E-state index in [-0.39, 0.29) is 0 Å². The maximum atomic E-state index is 8.10. The molecule has 1 aliphatic rings. The van der Waals surface area contributed by atoms with Gasteiger partial charge in [-0.15, -0.1) is 0 Å². The minimum Gasteiger partial charge on any atom is -0.314 e. The van der Waals surface area contributed by atoms with Gasteiger partial charge < -0.3 is 5.32 Å². The van der Waals surface area contributed by atoms with Gasteiger partial charge in [0.05, 0.1) is 12.0 Å². The van der Waals surface area contributed by atoms with Crippen LogP contribution in [-0.2, 0) is 0 Å². The van der Waals surface area contributed by atoms with Crippen molar-refractivity contribution in [2.75, 3.05) is 13.1 Å². The molecule has 0 unspecified atom stereocenters. The third-order valence-electron chi connectivity index (χ3n) is 0.964. The largest absolute Gasteiger partial charge is 0.314 e. The molecule has 1 heterocycles. The van der Waals surface area contributed by atoms with Crippen LogP contribution in [0.4, 0.5) is 0 Å². The van der Waals surface area contributed by atoms with E-state index in [0.29, 0.717) is 5.92 Å². The monoisotopic (exact) mass is 112 g/mol. The number of hydrogen-bond donors (Lipinski definition) is 1. The highest BCUT2D eigenvalue weighted by atomic mass is 14.9. The Morgan fingerprint density at radius 1 is 1.50 bits per heavy atom. The molecule has 0 amide bonds.